The summed E-state index contributed by atoms with van der Waals surface area (Å²) in [7, 11) is 1.67. The number of hydrogen-bond acceptors (Lipinski definition) is 3. The number of hydrogen-bond donors (Lipinski definition) is 1. The molecule has 1 fully saturated rings. The van der Waals surface area contributed by atoms with Gasteiger partial charge in [-0.2, -0.15) is 0 Å². The minimum atomic E-state index is 0.0498. The molecule has 0 atom stereocenters. The van der Waals surface area contributed by atoms with Crippen LogP contribution in [0.25, 0.3) is 10.2 Å². The molecule has 2 heterocycles. The van der Waals surface area contributed by atoms with Crippen molar-refractivity contribution in [1.29, 1.82) is 0 Å². The lowest BCUT2D eigenvalue weighted by Crippen LogP contribution is -2.37. The first-order valence-electron chi connectivity index (χ1n) is 9.25. The van der Waals surface area contributed by atoms with Crippen LogP contribution in [0.3, 0.4) is 0 Å². The molecular formula is C21H24N2O2S. The molecule has 1 aromatic carbocycles. The van der Waals surface area contributed by atoms with Gasteiger partial charge in [-0.1, -0.05) is 31.4 Å². The van der Waals surface area contributed by atoms with Crippen LogP contribution < -0.4 is 10.1 Å². The van der Waals surface area contributed by atoms with E-state index in [4.69, 9.17) is 4.74 Å². The van der Waals surface area contributed by atoms with Gasteiger partial charge in [0.25, 0.3) is 5.91 Å². The van der Waals surface area contributed by atoms with E-state index < -0.39 is 0 Å². The highest BCUT2D eigenvalue weighted by atomic mass is 32.1. The first-order valence-corrected chi connectivity index (χ1v) is 10.1. The van der Waals surface area contributed by atoms with Gasteiger partial charge >= 0.3 is 0 Å². The van der Waals surface area contributed by atoms with Gasteiger partial charge < -0.3 is 14.6 Å². The average molecular weight is 369 g/mol. The van der Waals surface area contributed by atoms with Crippen molar-refractivity contribution in [3.05, 3.63) is 53.0 Å². The number of benzene rings is 1. The van der Waals surface area contributed by atoms with Crippen molar-refractivity contribution >= 4 is 27.5 Å². The zero-order chi connectivity index (χ0) is 17.9. The van der Waals surface area contributed by atoms with E-state index in [1.54, 1.807) is 18.4 Å². The Kier molecular flexibility index (Phi) is 4.98. The zero-order valence-corrected chi connectivity index (χ0v) is 15.8. The third-order valence-electron chi connectivity index (χ3n) is 5.18. The molecule has 3 aromatic rings. The number of carbonyl (C=O) groups is 1. The molecule has 5 heteroatoms. The summed E-state index contributed by atoms with van der Waals surface area (Å²) in [5.74, 6) is 0.895. The molecule has 0 saturated heterocycles. The van der Waals surface area contributed by atoms with E-state index in [0.717, 1.165) is 40.1 Å². The van der Waals surface area contributed by atoms with Gasteiger partial charge in [-0.05, 0) is 48.1 Å². The molecule has 26 heavy (non-hydrogen) atoms. The van der Waals surface area contributed by atoms with E-state index in [1.165, 1.54) is 19.3 Å². The molecule has 0 spiro atoms. The van der Waals surface area contributed by atoms with Gasteiger partial charge in [0.05, 0.1) is 7.11 Å². The molecule has 2 aromatic heterocycles. The fourth-order valence-corrected chi connectivity index (χ4v) is 4.64. The SMILES string of the molecule is COc1ccc(Cn2c(C(=O)NC3CCCCC3)cc3ccsc32)cc1. The van der Waals surface area contributed by atoms with Crippen LogP contribution in [0.1, 0.15) is 48.2 Å². The number of ether oxygens (including phenoxy) is 1. The number of aromatic nitrogens is 1. The van der Waals surface area contributed by atoms with Crippen molar-refractivity contribution in [3.63, 3.8) is 0 Å². The van der Waals surface area contributed by atoms with Crippen LogP contribution in [0.5, 0.6) is 5.75 Å². The van der Waals surface area contributed by atoms with Crippen LogP contribution in [0, 0.1) is 0 Å². The zero-order valence-electron chi connectivity index (χ0n) is 15.0. The predicted octanol–water partition coefficient (Wildman–Crippen LogP) is 4.82. The van der Waals surface area contributed by atoms with Crippen LogP contribution in [0.4, 0.5) is 0 Å². The standard InChI is InChI=1S/C21H24N2O2S/c1-25-18-9-7-15(8-10-18)14-23-19(13-16-11-12-26-21(16)23)20(24)22-17-5-3-2-4-6-17/h7-13,17H,2-6,14H2,1H3,(H,22,24). The van der Waals surface area contributed by atoms with Crippen LogP contribution >= 0.6 is 11.3 Å². The van der Waals surface area contributed by atoms with E-state index in [-0.39, 0.29) is 5.91 Å². The molecule has 1 aliphatic rings. The van der Waals surface area contributed by atoms with Crippen molar-refractivity contribution < 1.29 is 9.53 Å². The summed E-state index contributed by atoms with van der Waals surface area (Å²) in [6, 6.07) is 12.5. The number of nitrogens with one attached hydrogen (secondary N) is 1. The normalized spacial score (nSPS) is 15.3. The van der Waals surface area contributed by atoms with Crippen molar-refractivity contribution in [2.24, 2.45) is 0 Å². The number of fused-ring (bicyclic) bond motifs is 1. The Morgan fingerprint density at radius 1 is 1.19 bits per heavy atom. The summed E-state index contributed by atoms with van der Waals surface area (Å²) >= 11 is 1.68. The lowest BCUT2D eigenvalue weighted by molar-refractivity contribution is 0.0919. The van der Waals surface area contributed by atoms with Crippen LogP contribution in [0.15, 0.2) is 41.8 Å². The number of rotatable bonds is 5. The Labute approximate surface area is 157 Å². The van der Waals surface area contributed by atoms with Gasteiger partial charge in [0, 0.05) is 18.0 Å². The van der Waals surface area contributed by atoms with Crippen LogP contribution in [-0.2, 0) is 6.54 Å². The molecule has 4 nitrogen and oxygen atoms in total. The second kappa shape index (κ2) is 7.54. The molecule has 0 unspecified atom stereocenters. The Hall–Kier alpha value is -2.27. The second-order valence-electron chi connectivity index (χ2n) is 6.95. The van der Waals surface area contributed by atoms with E-state index in [1.807, 2.05) is 18.2 Å². The van der Waals surface area contributed by atoms with Crippen molar-refractivity contribution in [2.75, 3.05) is 7.11 Å². The molecule has 0 radical (unpaired) electrons. The molecule has 0 bridgehead atoms. The van der Waals surface area contributed by atoms with E-state index in [2.05, 4.69) is 33.5 Å². The summed E-state index contributed by atoms with van der Waals surface area (Å²) in [4.78, 5) is 14.1. The quantitative estimate of drug-likeness (QED) is 0.701. The molecular weight excluding hydrogens is 344 g/mol. The van der Waals surface area contributed by atoms with E-state index in [0.29, 0.717) is 12.6 Å². The summed E-state index contributed by atoms with van der Waals surface area (Å²) in [6.45, 7) is 0.682. The maximum Gasteiger partial charge on any atom is 0.268 e. The lowest BCUT2D eigenvalue weighted by atomic mass is 9.95. The first kappa shape index (κ1) is 17.2. The van der Waals surface area contributed by atoms with Crippen molar-refractivity contribution in [2.45, 2.75) is 44.7 Å². The molecule has 1 saturated carbocycles. The molecule has 0 aliphatic heterocycles. The monoisotopic (exact) mass is 368 g/mol. The fraction of sp³-hybridized carbons (Fsp3) is 0.381. The summed E-state index contributed by atoms with van der Waals surface area (Å²) < 4.78 is 7.38. The van der Waals surface area contributed by atoms with Crippen molar-refractivity contribution in [3.8, 4) is 5.75 Å². The average Bonchev–Trinajstić information content (AvgIpc) is 3.26. The highest BCUT2D eigenvalue weighted by Gasteiger charge is 2.21. The number of methoxy groups -OCH3 is 1. The van der Waals surface area contributed by atoms with E-state index >= 15 is 0 Å². The lowest BCUT2D eigenvalue weighted by Gasteiger charge is -2.23. The molecule has 1 aliphatic carbocycles. The maximum atomic E-state index is 12.9. The molecule has 1 N–H and O–H groups in total. The summed E-state index contributed by atoms with van der Waals surface area (Å²) in [5.41, 5.74) is 1.91. The molecule has 136 valence electrons. The van der Waals surface area contributed by atoms with Crippen LogP contribution in [0.2, 0.25) is 0 Å². The Bertz CT molecular complexity index is 889. The molecule has 4 rings (SSSR count). The highest BCUT2D eigenvalue weighted by molar-refractivity contribution is 7.16. The first-order chi connectivity index (χ1) is 12.7. The Balaban J connectivity index is 1.60. The van der Waals surface area contributed by atoms with Gasteiger partial charge in [-0.15, -0.1) is 11.3 Å². The highest BCUT2D eigenvalue weighted by Crippen LogP contribution is 2.27. The Morgan fingerprint density at radius 3 is 2.69 bits per heavy atom. The van der Waals surface area contributed by atoms with Gasteiger partial charge in [0.15, 0.2) is 0 Å². The number of thiophene rings is 1. The van der Waals surface area contributed by atoms with Crippen LogP contribution in [-0.4, -0.2) is 23.6 Å². The largest absolute Gasteiger partial charge is 0.497 e. The predicted molar refractivity (Wildman–Crippen MR) is 106 cm³/mol. The maximum absolute atomic E-state index is 12.9. The minimum absolute atomic E-state index is 0.0498. The van der Waals surface area contributed by atoms with Crippen molar-refractivity contribution in [1.82, 2.24) is 9.88 Å². The minimum Gasteiger partial charge on any atom is -0.497 e. The Morgan fingerprint density at radius 2 is 1.96 bits per heavy atom. The third kappa shape index (κ3) is 3.49. The number of amides is 1. The topological polar surface area (TPSA) is 43.3 Å². The van der Waals surface area contributed by atoms with Gasteiger partial charge in [-0.25, -0.2) is 0 Å². The van der Waals surface area contributed by atoms with E-state index in [9.17, 15) is 4.79 Å². The molecule has 1 amide bonds. The summed E-state index contributed by atoms with van der Waals surface area (Å²) in [6.07, 6.45) is 5.91. The smallest absolute Gasteiger partial charge is 0.268 e. The number of carbonyl (C=O) groups excluding carboxylic acids is 1. The van der Waals surface area contributed by atoms with Gasteiger partial charge in [0.1, 0.15) is 16.3 Å². The van der Waals surface area contributed by atoms with Gasteiger partial charge in [-0.3, -0.25) is 4.79 Å². The third-order valence-corrected chi connectivity index (χ3v) is 6.13. The fourth-order valence-electron chi connectivity index (χ4n) is 3.74. The second-order valence-corrected chi connectivity index (χ2v) is 7.85. The van der Waals surface area contributed by atoms with Gasteiger partial charge in [0.2, 0.25) is 0 Å². The number of nitrogens with zero attached hydrogens (tertiary/aromatic N) is 1. The summed E-state index contributed by atoms with van der Waals surface area (Å²) in [5, 5.41) is 6.47.